The molecule has 128 valence electrons. The molecule has 6 heteroatoms. The van der Waals surface area contributed by atoms with Crippen LogP contribution in [0, 0.1) is 0 Å². The molecule has 0 saturated carbocycles. The van der Waals surface area contributed by atoms with Crippen molar-refractivity contribution in [1.82, 2.24) is 15.1 Å². The Bertz CT molecular complexity index is 647. The second kappa shape index (κ2) is 6.53. The molecule has 0 radical (unpaired) electrons. The molecule has 6 nitrogen and oxygen atoms in total. The summed E-state index contributed by atoms with van der Waals surface area (Å²) in [6, 6.07) is 5.96. The highest BCUT2D eigenvalue weighted by Gasteiger charge is 2.31. The standard InChI is InChI=1S/C18H23N3O3/c22-17(13-3-4-14-11-19-12-15(14)10-13)20-5-7-21(8-6-20)18(23)16-2-1-9-24-16/h3-4,10,16,19H,1-2,5-9,11-12H2. The van der Waals surface area contributed by atoms with E-state index in [1.54, 1.807) is 0 Å². The van der Waals surface area contributed by atoms with Gasteiger partial charge in [-0.3, -0.25) is 9.59 Å². The van der Waals surface area contributed by atoms with Gasteiger partial charge in [0.05, 0.1) is 0 Å². The number of fused-ring (bicyclic) bond motifs is 1. The minimum absolute atomic E-state index is 0.0638. The molecule has 0 bridgehead atoms. The van der Waals surface area contributed by atoms with E-state index in [9.17, 15) is 9.59 Å². The number of nitrogens with zero attached hydrogens (tertiary/aromatic N) is 2. The monoisotopic (exact) mass is 329 g/mol. The van der Waals surface area contributed by atoms with Crippen LogP contribution < -0.4 is 5.32 Å². The number of carbonyl (C=O) groups excluding carboxylic acids is 2. The van der Waals surface area contributed by atoms with Crippen molar-refractivity contribution in [2.75, 3.05) is 32.8 Å². The summed E-state index contributed by atoms with van der Waals surface area (Å²) in [5.41, 5.74) is 3.24. The Kier molecular flexibility index (Phi) is 4.24. The van der Waals surface area contributed by atoms with Crippen LogP contribution in [-0.2, 0) is 22.6 Å². The Labute approximate surface area is 141 Å². The normalized spacial score (nSPS) is 23.4. The number of piperazine rings is 1. The third kappa shape index (κ3) is 2.91. The minimum Gasteiger partial charge on any atom is -0.368 e. The van der Waals surface area contributed by atoms with Gasteiger partial charge >= 0.3 is 0 Å². The molecule has 4 rings (SSSR count). The summed E-state index contributed by atoms with van der Waals surface area (Å²) in [6.45, 7) is 4.77. The van der Waals surface area contributed by atoms with Crippen molar-refractivity contribution in [1.29, 1.82) is 0 Å². The molecule has 3 aliphatic rings. The lowest BCUT2D eigenvalue weighted by atomic mass is 10.1. The maximum atomic E-state index is 12.7. The molecule has 3 heterocycles. The summed E-state index contributed by atoms with van der Waals surface area (Å²) in [4.78, 5) is 28.8. The van der Waals surface area contributed by atoms with Crippen molar-refractivity contribution in [3.05, 3.63) is 34.9 Å². The smallest absolute Gasteiger partial charge is 0.253 e. The summed E-state index contributed by atoms with van der Waals surface area (Å²) in [5, 5.41) is 3.30. The van der Waals surface area contributed by atoms with Crippen LogP contribution in [-0.4, -0.2) is 60.5 Å². The summed E-state index contributed by atoms with van der Waals surface area (Å²) in [7, 11) is 0. The molecule has 2 saturated heterocycles. The Morgan fingerprint density at radius 1 is 1.04 bits per heavy atom. The highest BCUT2D eigenvalue weighted by atomic mass is 16.5. The lowest BCUT2D eigenvalue weighted by Gasteiger charge is -2.35. The highest BCUT2D eigenvalue weighted by molar-refractivity contribution is 5.94. The number of rotatable bonds is 2. The van der Waals surface area contributed by atoms with E-state index >= 15 is 0 Å². The summed E-state index contributed by atoms with van der Waals surface area (Å²) in [6.07, 6.45) is 1.51. The first-order valence-electron chi connectivity index (χ1n) is 8.74. The quantitative estimate of drug-likeness (QED) is 0.870. The van der Waals surface area contributed by atoms with Crippen LogP contribution in [0.4, 0.5) is 0 Å². The number of amides is 2. The highest BCUT2D eigenvalue weighted by Crippen LogP contribution is 2.20. The third-order valence-corrected chi connectivity index (χ3v) is 5.17. The zero-order chi connectivity index (χ0) is 16.5. The first-order chi connectivity index (χ1) is 11.7. The van der Waals surface area contributed by atoms with Gasteiger partial charge in [-0.15, -0.1) is 0 Å². The lowest BCUT2D eigenvalue weighted by Crippen LogP contribution is -2.52. The van der Waals surface area contributed by atoms with Crippen LogP contribution in [0.25, 0.3) is 0 Å². The number of hydrogen-bond donors (Lipinski definition) is 1. The second-order valence-electron chi connectivity index (χ2n) is 6.71. The van der Waals surface area contributed by atoms with Gasteiger partial charge in [-0.05, 0) is 36.1 Å². The summed E-state index contributed by atoms with van der Waals surface area (Å²) in [5.74, 6) is 0.150. The number of benzene rings is 1. The van der Waals surface area contributed by atoms with E-state index in [2.05, 4.69) is 5.32 Å². The summed E-state index contributed by atoms with van der Waals surface area (Å²) < 4.78 is 5.48. The van der Waals surface area contributed by atoms with Gasteiger partial charge in [0, 0.05) is 51.4 Å². The molecule has 2 fully saturated rings. The van der Waals surface area contributed by atoms with Gasteiger partial charge in [0.15, 0.2) is 0 Å². The Balaban J connectivity index is 1.37. The fourth-order valence-corrected chi connectivity index (χ4v) is 3.72. The van der Waals surface area contributed by atoms with Crippen LogP contribution in [0.3, 0.4) is 0 Å². The van der Waals surface area contributed by atoms with E-state index in [0.29, 0.717) is 32.8 Å². The Hall–Kier alpha value is -1.92. The predicted molar refractivity (Wildman–Crippen MR) is 88.4 cm³/mol. The lowest BCUT2D eigenvalue weighted by molar-refractivity contribution is -0.142. The number of carbonyl (C=O) groups is 2. The summed E-state index contributed by atoms with van der Waals surface area (Å²) >= 11 is 0. The molecule has 24 heavy (non-hydrogen) atoms. The molecule has 1 aromatic carbocycles. The average Bonchev–Trinajstić information content (AvgIpc) is 3.31. The van der Waals surface area contributed by atoms with Gasteiger partial charge in [-0.2, -0.15) is 0 Å². The molecule has 1 atom stereocenters. The maximum absolute atomic E-state index is 12.7. The van der Waals surface area contributed by atoms with E-state index in [1.807, 2.05) is 28.0 Å². The van der Waals surface area contributed by atoms with Crippen molar-refractivity contribution in [3.8, 4) is 0 Å². The van der Waals surface area contributed by atoms with Crippen molar-refractivity contribution < 1.29 is 14.3 Å². The topological polar surface area (TPSA) is 61.9 Å². The molecular formula is C18H23N3O3. The van der Waals surface area contributed by atoms with Crippen molar-refractivity contribution >= 4 is 11.8 Å². The van der Waals surface area contributed by atoms with E-state index < -0.39 is 0 Å². The fraction of sp³-hybridized carbons (Fsp3) is 0.556. The van der Waals surface area contributed by atoms with Crippen LogP contribution in [0.2, 0.25) is 0 Å². The second-order valence-corrected chi connectivity index (χ2v) is 6.71. The molecule has 0 aliphatic carbocycles. The van der Waals surface area contributed by atoms with Gasteiger partial charge in [-0.25, -0.2) is 0 Å². The van der Waals surface area contributed by atoms with E-state index in [0.717, 1.165) is 31.5 Å². The first-order valence-corrected chi connectivity index (χ1v) is 8.74. The molecule has 3 aliphatic heterocycles. The average molecular weight is 329 g/mol. The van der Waals surface area contributed by atoms with Gasteiger partial charge in [0.2, 0.25) is 0 Å². The molecule has 1 unspecified atom stereocenters. The molecule has 2 amide bonds. The van der Waals surface area contributed by atoms with Gasteiger partial charge < -0.3 is 19.9 Å². The Morgan fingerprint density at radius 2 is 1.79 bits per heavy atom. The zero-order valence-corrected chi connectivity index (χ0v) is 13.8. The van der Waals surface area contributed by atoms with Crippen molar-refractivity contribution in [2.45, 2.75) is 32.0 Å². The van der Waals surface area contributed by atoms with Crippen molar-refractivity contribution in [3.63, 3.8) is 0 Å². The Morgan fingerprint density at radius 3 is 2.54 bits per heavy atom. The van der Waals surface area contributed by atoms with Crippen LogP contribution in [0.1, 0.15) is 34.3 Å². The molecule has 1 aromatic rings. The molecule has 0 aromatic heterocycles. The van der Waals surface area contributed by atoms with Crippen LogP contribution in [0.5, 0.6) is 0 Å². The van der Waals surface area contributed by atoms with E-state index in [1.165, 1.54) is 11.1 Å². The SMILES string of the molecule is O=C(c1ccc2c(c1)CNC2)N1CCN(C(=O)C2CCCO2)CC1. The van der Waals surface area contributed by atoms with Gasteiger partial charge in [0.1, 0.15) is 6.10 Å². The minimum atomic E-state index is -0.267. The van der Waals surface area contributed by atoms with Crippen molar-refractivity contribution in [2.24, 2.45) is 0 Å². The zero-order valence-electron chi connectivity index (χ0n) is 13.8. The van der Waals surface area contributed by atoms with Gasteiger partial charge in [-0.1, -0.05) is 6.07 Å². The van der Waals surface area contributed by atoms with E-state index in [-0.39, 0.29) is 17.9 Å². The molecule has 0 spiro atoms. The first kappa shape index (κ1) is 15.6. The predicted octanol–water partition coefficient (Wildman–Crippen LogP) is 0.753. The number of hydrogen-bond acceptors (Lipinski definition) is 4. The number of ether oxygens (including phenoxy) is 1. The maximum Gasteiger partial charge on any atom is 0.253 e. The van der Waals surface area contributed by atoms with E-state index in [4.69, 9.17) is 4.74 Å². The number of nitrogens with one attached hydrogen (secondary N) is 1. The molecule has 1 N–H and O–H groups in total. The van der Waals surface area contributed by atoms with Gasteiger partial charge in [0.25, 0.3) is 11.8 Å². The molecular weight excluding hydrogens is 306 g/mol. The van der Waals surface area contributed by atoms with Crippen LogP contribution in [0.15, 0.2) is 18.2 Å². The van der Waals surface area contributed by atoms with Crippen LogP contribution >= 0.6 is 0 Å². The fourth-order valence-electron chi connectivity index (χ4n) is 3.72. The largest absolute Gasteiger partial charge is 0.368 e. The third-order valence-electron chi connectivity index (χ3n) is 5.17.